The van der Waals surface area contributed by atoms with Crippen LogP contribution in [0, 0.1) is 0 Å². The van der Waals surface area contributed by atoms with Gasteiger partial charge in [-0.25, -0.2) is 4.79 Å². The van der Waals surface area contributed by atoms with Crippen molar-refractivity contribution >= 4 is 34.4 Å². The Morgan fingerprint density at radius 3 is 2.60 bits per heavy atom. The summed E-state index contributed by atoms with van der Waals surface area (Å²) >= 11 is 5.79. The molecule has 0 fully saturated rings. The Morgan fingerprint density at radius 2 is 1.84 bits per heavy atom. The fourth-order valence-electron chi connectivity index (χ4n) is 2.72. The van der Waals surface area contributed by atoms with Crippen molar-refractivity contribution in [3.63, 3.8) is 0 Å². The summed E-state index contributed by atoms with van der Waals surface area (Å²) in [4.78, 5) is 27.3. The third-order valence-corrected chi connectivity index (χ3v) is 4.16. The van der Waals surface area contributed by atoms with Gasteiger partial charge in [-0.15, -0.1) is 0 Å². The summed E-state index contributed by atoms with van der Waals surface area (Å²) < 4.78 is 0. The summed E-state index contributed by atoms with van der Waals surface area (Å²) in [6.45, 7) is 1.90. The quantitative estimate of drug-likeness (QED) is 0.664. The van der Waals surface area contributed by atoms with Crippen molar-refractivity contribution in [3.05, 3.63) is 70.9 Å². The standard InChI is InChI=1S/C19H18ClN3O2/c1-12(10-14-11-21-17-5-3-2-4-16(14)17)22-19(25)23-18(24)13-6-8-15(20)9-7-13/h2-9,11-12,21H,10H2,1H3,(H2,22,23,24,25). The maximum absolute atomic E-state index is 12.0. The van der Waals surface area contributed by atoms with Gasteiger partial charge in [0, 0.05) is 33.7 Å². The van der Waals surface area contributed by atoms with Crippen molar-refractivity contribution in [2.24, 2.45) is 0 Å². The smallest absolute Gasteiger partial charge is 0.321 e. The van der Waals surface area contributed by atoms with Crippen molar-refractivity contribution in [3.8, 4) is 0 Å². The Balaban J connectivity index is 1.57. The molecule has 0 aliphatic rings. The summed E-state index contributed by atoms with van der Waals surface area (Å²) in [5.41, 5.74) is 2.56. The summed E-state index contributed by atoms with van der Waals surface area (Å²) in [7, 11) is 0. The summed E-state index contributed by atoms with van der Waals surface area (Å²) in [5, 5.41) is 6.78. The molecule has 0 saturated heterocycles. The van der Waals surface area contributed by atoms with Gasteiger partial charge in [-0.05, 0) is 49.2 Å². The first-order valence-corrected chi connectivity index (χ1v) is 8.33. The van der Waals surface area contributed by atoms with Gasteiger partial charge in [-0.1, -0.05) is 29.8 Å². The second-order valence-corrected chi connectivity index (χ2v) is 6.34. The lowest BCUT2D eigenvalue weighted by Gasteiger charge is -2.14. The van der Waals surface area contributed by atoms with Crippen molar-refractivity contribution in [1.82, 2.24) is 15.6 Å². The number of carbonyl (C=O) groups excluding carboxylic acids is 2. The third-order valence-electron chi connectivity index (χ3n) is 3.91. The Labute approximate surface area is 150 Å². The molecule has 1 heterocycles. The maximum Gasteiger partial charge on any atom is 0.321 e. The molecule has 6 heteroatoms. The monoisotopic (exact) mass is 355 g/mol. The highest BCUT2D eigenvalue weighted by Gasteiger charge is 2.14. The fraction of sp³-hybridized carbons (Fsp3) is 0.158. The molecule has 0 saturated carbocycles. The lowest BCUT2D eigenvalue weighted by molar-refractivity contribution is 0.0963. The van der Waals surface area contributed by atoms with E-state index < -0.39 is 11.9 Å². The Kier molecular flexibility index (Phi) is 5.05. The Morgan fingerprint density at radius 1 is 1.12 bits per heavy atom. The molecule has 128 valence electrons. The van der Waals surface area contributed by atoms with E-state index >= 15 is 0 Å². The highest BCUT2D eigenvalue weighted by atomic mass is 35.5. The van der Waals surface area contributed by atoms with E-state index in [9.17, 15) is 9.59 Å². The van der Waals surface area contributed by atoms with Crippen molar-refractivity contribution in [2.45, 2.75) is 19.4 Å². The van der Waals surface area contributed by atoms with E-state index in [1.807, 2.05) is 37.4 Å². The van der Waals surface area contributed by atoms with Gasteiger partial charge in [-0.2, -0.15) is 0 Å². The average molecular weight is 356 g/mol. The van der Waals surface area contributed by atoms with Gasteiger partial charge in [0.2, 0.25) is 0 Å². The lowest BCUT2D eigenvalue weighted by Crippen LogP contribution is -2.44. The van der Waals surface area contributed by atoms with E-state index in [4.69, 9.17) is 11.6 Å². The summed E-state index contributed by atoms with van der Waals surface area (Å²) in [6, 6.07) is 13.7. The first kappa shape index (κ1) is 17.0. The number of nitrogens with one attached hydrogen (secondary N) is 3. The predicted molar refractivity (Wildman–Crippen MR) is 98.9 cm³/mol. The molecular weight excluding hydrogens is 338 g/mol. The van der Waals surface area contributed by atoms with Gasteiger partial charge in [0.05, 0.1) is 0 Å². The normalized spacial score (nSPS) is 11.9. The SMILES string of the molecule is CC(Cc1c[nH]c2ccccc12)NC(=O)NC(=O)c1ccc(Cl)cc1. The van der Waals surface area contributed by atoms with Gasteiger partial charge in [-0.3, -0.25) is 10.1 Å². The highest BCUT2D eigenvalue weighted by molar-refractivity contribution is 6.30. The lowest BCUT2D eigenvalue weighted by atomic mass is 10.1. The first-order valence-electron chi connectivity index (χ1n) is 7.95. The molecule has 3 N–H and O–H groups in total. The molecule has 0 aliphatic carbocycles. The number of carbonyl (C=O) groups is 2. The fourth-order valence-corrected chi connectivity index (χ4v) is 2.84. The predicted octanol–water partition coefficient (Wildman–Crippen LogP) is 3.89. The molecule has 1 atom stereocenters. The molecule has 3 amide bonds. The second kappa shape index (κ2) is 7.40. The van der Waals surface area contributed by atoms with Crippen LogP contribution in [0.15, 0.2) is 54.7 Å². The van der Waals surface area contributed by atoms with Gasteiger partial charge in [0.1, 0.15) is 0 Å². The molecule has 1 aromatic heterocycles. The number of aromatic amines is 1. The number of hydrogen-bond acceptors (Lipinski definition) is 2. The zero-order valence-corrected chi connectivity index (χ0v) is 14.4. The van der Waals surface area contributed by atoms with Crippen LogP contribution in [-0.4, -0.2) is 23.0 Å². The number of urea groups is 1. The highest BCUT2D eigenvalue weighted by Crippen LogP contribution is 2.19. The largest absolute Gasteiger partial charge is 0.361 e. The Hall–Kier alpha value is -2.79. The molecule has 0 bridgehead atoms. The van der Waals surface area contributed by atoms with E-state index in [-0.39, 0.29) is 6.04 Å². The molecule has 3 rings (SSSR count). The van der Waals surface area contributed by atoms with Crippen LogP contribution in [0.1, 0.15) is 22.8 Å². The summed E-state index contributed by atoms with van der Waals surface area (Å²) in [5.74, 6) is -0.464. The molecule has 1 unspecified atom stereocenters. The van der Waals surface area contributed by atoms with E-state index in [1.54, 1.807) is 24.3 Å². The van der Waals surface area contributed by atoms with E-state index in [1.165, 1.54) is 0 Å². The minimum atomic E-state index is -0.521. The van der Waals surface area contributed by atoms with E-state index in [2.05, 4.69) is 15.6 Å². The maximum atomic E-state index is 12.0. The number of halogens is 1. The molecule has 3 aromatic rings. The third kappa shape index (κ3) is 4.19. The topological polar surface area (TPSA) is 74.0 Å². The van der Waals surface area contributed by atoms with Gasteiger partial charge in [0.15, 0.2) is 0 Å². The van der Waals surface area contributed by atoms with Crippen LogP contribution < -0.4 is 10.6 Å². The van der Waals surface area contributed by atoms with E-state index in [0.717, 1.165) is 16.5 Å². The molecule has 0 spiro atoms. The van der Waals surface area contributed by atoms with Gasteiger partial charge < -0.3 is 10.3 Å². The van der Waals surface area contributed by atoms with Crippen LogP contribution in [0.5, 0.6) is 0 Å². The van der Waals surface area contributed by atoms with Crippen molar-refractivity contribution in [2.75, 3.05) is 0 Å². The van der Waals surface area contributed by atoms with Crippen LogP contribution in [0.4, 0.5) is 4.79 Å². The number of amides is 3. The molecule has 0 aliphatic heterocycles. The number of para-hydroxylation sites is 1. The molecule has 2 aromatic carbocycles. The average Bonchev–Trinajstić information content (AvgIpc) is 2.98. The van der Waals surface area contributed by atoms with Crippen LogP contribution >= 0.6 is 11.6 Å². The zero-order chi connectivity index (χ0) is 17.8. The summed E-state index contributed by atoms with van der Waals surface area (Å²) in [6.07, 6.45) is 2.60. The van der Waals surface area contributed by atoms with Crippen LogP contribution in [0.25, 0.3) is 10.9 Å². The number of imide groups is 1. The zero-order valence-electron chi connectivity index (χ0n) is 13.7. The first-order chi connectivity index (χ1) is 12.0. The van der Waals surface area contributed by atoms with Gasteiger partial charge in [0.25, 0.3) is 5.91 Å². The second-order valence-electron chi connectivity index (χ2n) is 5.90. The van der Waals surface area contributed by atoms with E-state index in [0.29, 0.717) is 17.0 Å². The number of benzene rings is 2. The van der Waals surface area contributed by atoms with Crippen LogP contribution in [0.2, 0.25) is 5.02 Å². The number of rotatable bonds is 4. The number of H-pyrrole nitrogens is 1. The number of hydrogen-bond donors (Lipinski definition) is 3. The van der Waals surface area contributed by atoms with Gasteiger partial charge >= 0.3 is 6.03 Å². The molecular formula is C19H18ClN3O2. The minimum Gasteiger partial charge on any atom is -0.361 e. The van der Waals surface area contributed by atoms with Crippen molar-refractivity contribution < 1.29 is 9.59 Å². The number of aromatic nitrogens is 1. The molecule has 5 nitrogen and oxygen atoms in total. The number of fused-ring (bicyclic) bond motifs is 1. The molecule has 25 heavy (non-hydrogen) atoms. The molecule has 0 radical (unpaired) electrons. The van der Waals surface area contributed by atoms with Crippen LogP contribution in [-0.2, 0) is 6.42 Å². The van der Waals surface area contributed by atoms with Crippen molar-refractivity contribution in [1.29, 1.82) is 0 Å². The van der Waals surface area contributed by atoms with Crippen LogP contribution in [0.3, 0.4) is 0 Å². The minimum absolute atomic E-state index is 0.128. The Bertz CT molecular complexity index is 902.